The Hall–Kier alpha value is -1.23. The van der Waals surface area contributed by atoms with E-state index in [2.05, 4.69) is 15.6 Å². The molecule has 0 atom stereocenters. The van der Waals surface area contributed by atoms with Gasteiger partial charge in [0.05, 0.1) is 0 Å². The molecule has 9 heteroatoms. The van der Waals surface area contributed by atoms with Crippen molar-refractivity contribution in [3.63, 3.8) is 0 Å². The molecule has 160 valence electrons. The van der Waals surface area contributed by atoms with E-state index in [-0.39, 0.29) is 29.7 Å². The van der Waals surface area contributed by atoms with Crippen LogP contribution in [0.4, 0.5) is 13.2 Å². The van der Waals surface area contributed by atoms with E-state index in [0.717, 1.165) is 24.5 Å². The third-order valence-electron chi connectivity index (χ3n) is 4.09. The van der Waals surface area contributed by atoms with Crippen molar-refractivity contribution in [2.75, 3.05) is 33.4 Å². The van der Waals surface area contributed by atoms with Crippen LogP contribution in [0.2, 0.25) is 0 Å². The van der Waals surface area contributed by atoms with Crippen LogP contribution >= 0.6 is 24.0 Å². The highest BCUT2D eigenvalue weighted by Gasteiger charge is 2.28. The molecular formula is C19H29F3IN3O2. The van der Waals surface area contributed by atoms with Gasteiger partial charge in [-0.3, -0.25) is 4.99 Å². The summed E-state index contributed by atoms with van der Waals surface area (Å²) in [4.78, 5) is 4.12. The van der Waals surface area contributed by atoms with E-state index in [1.54, 1.807) is 19.2 Å². The maximum absolute atomic E-state index is 12.4. The summed E-state index contributed by atoms with van der Waals surface area (Å²) in [6.45, 7) is 3.07. The number of nitrogens with one attached hydrogen (secondary N) is 2. The van der Waals surface area contributed by atoms with E-state index >= 15 is 0 Å². The average molecular weight is 515 g/mol. The highest BCUT2D eigenvalue weighted by atomic mass is 127. The monoisotopic (exact) mass is 515 g/mol. The summed E-state index contributed by atoms with van der Waals surface area (Å²) in [7, 11) is 1.65. The SMILES string of the molecule is CN=C(NCCCOCC1CC1)NCc1ccc(C)cc1OCC(F)(F)F.I. The Bertz CT molecular complexity index is 623. The second-order valence-corrected chi connectivity index (χ2v) is 6.74. The molecule has 0 saturated heterocycles. The van der Waals surface area contributed by atoms with Gasteiger partial charge in [0.25, 0.3) is 0 Å². The van der Waals surface area contributed by atoms with E-state index in [4.69, 9.17) is 9.47 Å². The predicted octanol–water partition coefficient (Wildman–Crippen LogP) is 4.04. The number of aryl methyl sites for hydroxylation is 1. The van der Waals surface area contributed by atoms with Gasteiger partial charge >= 0.3 is 6.18 Å². The van der Waals surface area contributed by atoms with Crippen molar-refractivity contribution in [2.45, 2.75) is 38.9 Å². The Morgan fingerprint density at radius 3 is 2.64 bits per heavy atom. The smallest absolute Gasteiger partial charge is 0.422 e. The van der Waals surface area contributed by atoms with E-state index in [1.807, 2.05) is 13.0 Å². The largest absolute Gasteiger partial charge is 0.484 e. The molecule has 1 aromatic rings. The van der Waals surface area contributed by atoms with Crippen LogP contribution in [0.1, 0.15) is 30.4 Å². The molecule has 0 aromatic heterocycles. The van der Waals surface area contributed by atoms with E-state index < -0.39 is 12.8 Å². The minimum atomic E-state index is -4.37. The van der Waals surface area contributed by atoms with Gasteiger partial charge in [0.2, 0.25) is 0 Å². The first-order chi connectivity index (χ1) is 12.9. The maximum Gasteiger partial charge on any atom is 0.422 e. The van der Waals surface area contributed by atoms with Crippen LogP contribution in [0, 0.1) is 12.8 Å². The maximum atomic E-state index is 12.4. The van der Waals surface area contributed by atoms with Gasteiger partial charge in [-0.25, -0.2) is 0 Å². The fraction of sp³-hybridized carbons (Fsp3) is 0.632. The van der Waals surface area contributed by atoms with Gasteiger partial charge < -0.3 is 20.1 Å². The van der Waals surface area contributed by atoms with Crippen LogP contribution in [0.25, 0.3) is 0 Å². The third-order valence-corrected chi connectivity index (χ3v) is 4.09. The molecule has 0 aliphatic heterocycles. The van der Waals surface area contributed by atoms with E-state index in [0.29, 0.717) is 31.2 Å². The molecular weight excluding hydrogens is 486 g/mol. The lowest BCUT2D eigenvalue weighted by Gasteiger charge is -2.16. The van der Waals surface area contributed by atoms with Crippen LogP contribution < -0.4 is 15.4 Å². The molecule has 0 unspecified atom stereocenters. The summed E-state index contributed by atoms with van der Waals surface area (Å²) >= 11 is 0. The number of hydrogen-bond acceptors (Lipinski definition) is 3. The summed E-state index contributed by atoms with van der Waals surface area (Å²) in [6, 6.07) is 5.20. The van der Waals surface area contributed by atoms with E-state index in [1.165, 1.54) is 12.8 Å². The summed E-state index contributed by atoms with van der Waals surface area (Å²) in [5.74, 6) is 1.57. The molecule has 28 heavy (non-hydrogen) atoms. The van der Waals surface area contributed by atoms with Crippen molar-refractivity contribution in [2.24, 2.45) is 10.9 Å². The minimum Gasteiger partial charge on any atom is -0.484 e. The first-order valence-electron chi connectivity index (χ1n) is 9.18. The Morgan fingerprint density at radius 1 is 1.25 bits per heavy atom. The summed E-state index contributed by atoms with van der Waals surface area (Å²) in [5.41, 5.74) is 1.48. The lowest BCUT2D eigenvalue weighted by Crippen LogP contribution is -2.37. The normalized spacial score (nSPS) is 14.4. The fourth-order valence-corrected chi connectivity index (χ4v) is 2.42. The number of hydrogen-bond donors (Lipinski definition) is 2. The Kier molecular flexibility index (Phi) is 10.9. The molecule has 1 aliphatic rings. The number of guanidine groups is 1. The van der Waals surface area contributed by atoms with Crippen molar-refractivity contribution in [1.29, 1.82) is 0 Å². The standard InChI is InChI=1S/C19H28F3N3O2.HI/c1-14-4-7-16(17(10-14)27-13-19(20,21)22)11-25-18(23-2)24-8-3-9-26-12-15-5-6-15;/h4,7,10,15H,3,5-6,8-9,11-13H2,1-2H3,(H2,23,24,25);1H. The van der Waals surface area contributed by atoms with Crippen molar-refractivity contribution in [1.82, 2.24) is 10.6 Å². The quantitative estimate of drug-likeness (QED) is 0.214. The summed E-state index contributed by atoms with van der Waals surface area (Å²) in [6.07, 6.45) is -0.948. The summed E-state index contributed by atoms with van der Waals surface area (Å²) in [5, 5.41) is 6.27. The molecule has 0 radical (unpaired) electrons. The number of halogens is 4. The number of nitrogens with zero attached hydrogens (tertiary/aromatic N) is 1. The zero-order chi connectivity index (χ0) is 19.7. The molecule has 0 spiro atoms. The zero-order valence-corrected chi connectivity index (χ0v) is 18.6. The molecule has 1 aromatic carbocycles. The van der Waals surface area contributed by atoms with E-state index in [9.17, 15) is 13.2 Å². The van der Waals surface area contributed by atoms with Crippen LogP contribution in [-0.2, 0) is 11.3 Å². The number of aliphatic imine (C=N–C) groups is 1. The van der Waals surface area contributed by atoms with Gasteiger partial charge in [0.15, 0.2) is 12.6 Å². The lowest BCUT2D eigenvalue weighted by atomic mass is 10.1. The highest BCUT2D eigenvalue weighted by Crippen LogP contribution is 2.28. The van der Waals surface area contributed by atoms with Gasteiger partial charge in [0.1, 0.15) is 5.75 Å². The molecule has 0 amide bonds. The van der Waals surface area contributed by atoms with Crippen LogP contribution in [0.3, 0.4) is 0 Å². The highest BCUT2D eigenvalue weighted by molar-refractivity contribution is 14.0. The molecule has 1 saturated carbocycles. The first-order valence-corrected chi connectivity index (χ1v) is 9.18. The van der Waals surface area contributed by atoms with Gasteiger partial charge in [-0.05, 0) is 43.7 Å². The molecule has 0 heterocycles. The van der Waals surface area contributed by atoms with Crippen LogP contribution in [0.5, 0.6) is 5.75 Å². The Balaban J connectivity index is 0.00000392. The zero-order valence-electron chi connectivity index (χ0n) is 16.3. The predicted molar refractivity (Wildman–Crippen MR) is 115 cm³/mol. The summed E-state index contributed by atoms with van der Waals surface area (Å²) < 4.78 is 47.8. The molecule has 5 nitrogen and oxygen atoms in total. The Labute approximate surface area is 181 Å². The number of alkyl halides is 3. The molecule has 1 fully saturated rings. The molecule has 1 aliphatic carbocycles. The number of rotatable bonds is 10. The topological polar surface area (TPSA) is 54.9 Å². The van der Waals surface area contributed by atoms with Gasteiger partial charge in [-0.15, -0.1) is 24.0 Å². The number of ether oxygens (including phenoxy) is 2. The minimum absolute atomic E-state index is 0. The lowest BCUT2D eigenvalue weighted by molar-refractivity contribution is -0.153. The van der Waals surface area contributed by atoms with Crippen molar-refractivity contribution in [3.8, 4) is 5.75 Å². The van der Waals surface area contributed by atoms with Crippen LogP contribution in [-0.4, -0.2) is 45.5 Å². The second-order valence-electron chi connectivity index (χ2n) is 6.74. The fourth-order valence-electron chi connectivity index (χ4n) is 2.42. The van der Waals surface area contributed by atoms with Crippen molar-refractivity contribution >= 4 is 29.9 Å². The molecule has 0 bridgehead atoms. The van der Waals surface area contributed by atoms with Crippen LogP contribution in [0.15, 0.2) is 23.2 Å². The first kappa shape index (κ1) is 24.8. The third kappa shape index (κ3) is 10.4. The molecule has 2 rings (SSSR count). The Morgan fingerprint density at radius 2 is 2.00 bits per heavy atom. The van der Waals surface area contributed by atoms with Crippen molar-refractivity contribution < 1.29 is 22.6 Å². The molecule has 2 N–H and O–H groups in total. The number of benzene rings is 1. The average Bonchev–Trinajstić information content (AvgIpc) is 3.43. The van der Waals surface area contributed by atoms with Crippen molar-refractivity contribution in [3.05, 3.63) is 29.3 Å². The van der Waals surface area contributed by atoms with Gasteiger partial charge in [0, 0.05) is 38.9 Å². The van der Waals surface area contributed by atoms with Gasteiger partial charge in [-0.1, -0.05) is 12.1 Å². The van der Waals surface area contributed by atoms with Gasteiger partial charge in [-0.2, -0.15) is 13.2 Å². The second kappa shape index (κ2) is 12.4.